The fraction of sp³-hybridized carbons (Fsp3) is 0.125. The minimum Gasteiger partial charge on any atom is -0.459 e. The molecule has 0 saturated heterocycles. The fourth-order valence-electron chi connectivity index (χ4n) is 2.53. The van der Waals surface area contributed by atoms with E-state index < -0.39 is 21.0 Å². The first-order valence-electron chi connectivity index (χ1n) is 7.42. The average molecular weight is 396 g/mol. The zero-order valence-corrected chi connectivity index (χ0v) is 15.0. The maximum atomic E-state index is 11.8. The first kappa shape index (κ1) is 18.2. The predicted molar refractivity (Wildman–Crippen MR) is 97.7 cm³/mol. The molecule has 1 unspecified atom stereocenters. The molecule has 1 aromatic heterocycles. The second-order valence-electron chi connectivity index (χ2n) is 5.68. The Morgan fingerprint density at radius 2 is 1.96 bits per heavy atom. The Hall–Kier alpha value is -2.62. The molecule has 0 aliphatic carbocycles. The van der Waals surface area contributed by atoms with Crippen molar-refractivity contribution in [2.45, 2.75) is 17.9 Å². The van der Waals surface area contributed by atoms with E-state index in [1.54, 1.807) is 31.2 Å². The summed E-state index contributed by atoms with van der Waals surface area (Å²) in [6.45, 7) is 1.76. The molecule has 10 heteroatoms. The van der Waals surface area contributed by atoms with E-state index in [9.17, 15) is 18.5 Å². The van der Waals surface area contributed by atoms with Crippen molar-refractivity contribution < 1.29 is 17.8 Å². The van der Waals surface area contributed by atoms with E-state index in [4.69, 9.17) is 21.2 Å². The number of hydrogen-bond donors (Lipinski definition) is 2. The summed E-state index contributed by atoms with van der Waals surface area (Å²) < 4.78 is 29.3. The maximum Gasteiger partial charge on any atom is 0.270 e. The lowest BCUT2D eigenvalue weighted by Crippen LogP contribution is -2.16. The van der Waals surface area contributed by atoms with Crippen LogP contribution in [0.25, 0.3) is 11.0 Å². The number of nitro benzene ring substituents is 1. The molecule has 136 valence electrons. The Bertz CT molecular complexity index is 1110. The summed E-state index contributed by atoms with van der Waals surface area (Å²) in [5.74, 6) is 0.543. The highest BCUT2D eigenvalue weighted by molar-refractivity contribution is 7.89. The molecule has 3 aromatic rings. The molecule has 0 spiro atoms. The molecule has 0 bridgehead atoms. The standard InChI is InChI=1S/C16H14ClN3O5S/c1-9(15-7-10-6-11(17)2-5-14(10)25-15)19-13-4-3-12(20(21)22)8-16(13)26(18,23)24/h2-9,19H,1H3,(H2,18,23,24). The van der Waals surface area contributed by atoms with E-state index >= 15 is 0 Å². The maximum absolute atomic E-state index is 11.8. The first-order valence-corrected chi connectivity index (χ1v) is 9.34. The summed E-state index contributed by atoms with van der Waals surface area (Å²) in [7, 11) is -4.16. The third kappa shape index (κ3) is 3.64. The van der Waals surface area contributed by atoms with Gasteiger partial charge in [0, 0.05) is 22.5 Å². The number of sulfonamides is 1. The number of non-ortho nitro benzene ring substituents is 1. The van der Waals surface area contributed by atoms with Gasteiger partial charge in [-0.2, -0.15) is 0 Å². The monoisotopic (exact) mass is 395 g/mol. The van der Waals surface area contributed by atoms with Crippen LogP contribution >= 0.6 is 11.6 Å². The molecule has 3 N–H and O–H groups in total. The van der Waals surface area contributed by atoms with E-state index in [0.717, 1.165) is 11.5 Å². The molecule has 0 aliphatic rings. The van der Waals surface area contributed by atoms with E-state index in [2.05, 4.69) is 5.32 Å². The van der Waals surface area contributed by atoms with Crippen LogP contribution < -0.4 is 10.5 Å². The topological polar surface area (TPSA) is 128 Å². The van der Waals surface area contributed by atoms with Gasteiger partial charge in [-0.25, -0.2) is 13.6 Å². The summed E-state index contributed by atoms with van der Waals surface area (Å²) in [5, 5.41) is 20.4. The van der Waals surface area contributed by atoms with Gasteiger partial charge >= 0.3 is 0 Å². The molecule has 8 nitrogen and oxygen atoms in total. The Morgan fingerprint density at radius 3 is 2.62 bits per heavy atom. The Kier molecular flexibility index (Phi) is 4.61. The van der Waals surface area contributed by atoms with E-state index in [1.807, 2.05) is 0 Å². The molecule has 0 fully saturated rings. The predicted octanol–water partition coefficient (Wildman–Crippen LogP) is 3.81. The van der Waals surface area contributed by atoms with Crippen LogP contribution in [0.15, 0.2) is 51.8 Å². The van der Waals surface area contributed by atoms with Crippen LogP contribution in [0.4, 0.5) is 11.4 Å². The molecule has 0 saturated carbocycles. The van der Waals surface area contributed by atoms with Crippen molar-refractivity contribution in [1.82, 2.24) is 0 Å². The van der Waals surface area contributed by atoms with Crippen molar-refractivity contribution in [3.63, 3.8) is 0 Å². The van der Waals surface area contributed by atoms with Crippen LogP contribution in [0.2, 0.25) is 5.02 Å². The van der Waals surface area contributed by atoms with Crippen molar-refractivity contribution in [3.8, 4) is 0 Å². The summed E-state index contributed by atoms with van der Waals surface area (Å²) in [5.41, 5.74) is 0.406. The van der Waals surface area contributed by atoms with Crippen molar-refractivity contribution in [2.24, 2.45) is 5.14 Å². The summed E-state index contributed by atoms with van der Waals surface area (Å²) in [4.78, 5) is 9.83. The minimum atomic E-state index is -4.16. The number of nitrogens with zero attached hydrogens (tertiary/aromatic N) is 1. The highest BCUT2D eigenvalue weighted by atomic mass is 35.5. The van der Waals surface area contributed by atoms with Gasteiger partial charge in [-0.15, -0.1) is 0 Å². The number of rotatable bonds is 5. The number of nitrogens with two attached hydrogens (primary N) is 1. The van der Waals surface area contributed by atoms with Gasteiger partial charge in [-0.05, 0) is 37.3 Å². The normalized spacial score (nSPS) is 12.9. The van der Waals surface area contributed by atoms with Crippen molar-refractivity contribution in [1.29, 1.82) is 0 Å². The summed E-state index contributed by atoms with van der Waals surface area (Å²) in [6.07, 6.45) is 0. The molecule has 1 atom stereocenters. The van der Waals surface area contributed by atoms with Gasteiger partial charge < -0.3 is 9.73 Å². The van der Waals surface area contributed by atoms with Gasteiger partial charge in [0.05, 0.1) is 16.7 Å². The second-order valence-corrected chi connectivity index (χ2v) is 7.65. The average Bonchev–Trinajstić information content (AvgIpc) is 2.97. The van der Waals surface area contributed by atoms with Crippen molar-refractivity contribution in [3.05, 3.63) is 63.4 Å². The number of nitro groups is 1. The van der Waals surface area contributed by atoms with Crippen LogP contribution in [0.5, 0.6) is 0 Å². The molecular formula is C16H14ClN3O5S. The molecule has 1 heterocycles. The van der Waals surface area contributed by atoms with Crippen molar-refractivity contribution in [2.75, 3.05) is 5.32 Å². The van der Waals surface area contributed by atoms with E-state index in [1.165, 1.54) is 12.1 Å². The number of halogens is 1. The van der Waals surface area contributed by atoms with Gasteiger partial charge in [0.2, 0.25) is 10.0 Å². The van der Waals surface area contributed by atoms with Gasteiger partial charge in [0.1, 0.15) is 16.2 Å². The number of benzene rings is 2. The molecule has 3 rings (SSSR count). The van der Waals surface area contributed by atoms with Crippen LogP contribution in [-0.4, -0.2) is 13.3 Å². The number of primary sulfonamides is 1. The van der Waals surface area contributed by atoms with Crippen LogP contribution in [-0.2, 0) is 10.0 Å². The first-order chi connectivity index (χ1) is 12.1. The Labute approximate surface area is 153 Å². The SMILES string of the molecule is CC(Nc1ccc([N+](=O)[O-])cc1S(N)(=O)=O)c1cc2cc(Cl)ccc2o1. The summed E-state index contributed by atoms with van der Waals surface area (Å²) in [6, 6.07) is 9.95. The quantitative estimate of drug-likeness (QED) is 0.499. The van der Waals surface area contributed by atoms with E-state index in [0.29, 0.717) is 16.4 Å². The fourth-order valence-corrected chi connectivity index (χ4v) is 3.43. The highest BCUT2D eigenvalue weighted by Gasteiger charge is 2.21. The minimum absolute atomic E-state index is 0.143. The second kappa shape index (κ2) is 6.60. The van der Waals surface area contributed by atoms with Crippen molar-refractivity contribution >= 4 is 44.0 Å². The zero-order valence-electron chi connectivity index (χ0n) is 13.5. The van der Waals surface area contributed by atoms with Gasteiger partial charge in [0.15, 0.2) is 0 Å². The molecule has 0 amide bonds. The molecule has 0 aliphatic heterocycles. The van der Waals surface area contributed by atoms with Crippen LogP contribution in [0, 0.1) is 10.1 Å². The van der Waals surface area contributed by atoms with Gasteiger partial charge in [0.25, 0.3) is 5.69 Å². The number of nitrogens with one attached hydrogen (secondary N) is 1. The number of hydrogen-bond acceptors (Lipinski definition) is 6. The van der Waals surface area contributed by atoms with Gasteiger partial charge in [-0.3, -0.25) is 10.1 Å². The molecule has 0 radical (unpaired) electrons. The third-order valence-electron chi connectivity index (χ3n) is 3.78. The number of furan rings is 1. The lowest BCUT2D eigenvalue weighted by molar-refractivity contribution is -0.385. The van der Waals surface area contributed by atoms with E-state index in [-0.39, 0.29) is 16.3 Å². The molecular weight excluding hydrogens is 382 g/mol. The molecule has 26 heavy (non-hydrogen) atoms. The Morgan fingerprint density at radius 1 is 1.23 bits per heavy atom. The molecule has 2 aromatic carbocycles. The lowest BCUT2D eigenvalue weighted by atomic mass is 10.2. The highest BCUT2D eigenvalue weighted by Crippen LogP contribution is 2.31. The number of fused-ring (bicyclic) bond motifs is 1. The largest absolute Gasteiger partial charge is 0.459 e. The smallest absolute Gasteiger partial charge is 0.270 e. The van der Waals surface area contributed by atoms with Crippen LogP contribution in [0.3, 0.4) is 0 Å². The summed E-state index contributed by atoms with van der Waals surface area (Å²) >= 11 is 5.96. The third-order valence-corrected chi connectivity index (χ3v) is 4.96. The number of anilines is 1. The van der Waals surface area contributed by atoms with Crippen LogP contribution in [0.1, 0.15) is 18.7 Å². The Balaban J connectivity index is 1.97. The zero-order chi connectivity index (χ0) is 19.1. The lowest BCUT2D eigenvalue weighted by Gasteiger charge is -2.15. The van der Waals surface area contributed by atoms with Gasteiger partial charge in [-0.1, -0.05) is 11.6 Å².